The lowest BCUT2D eigenvalue weighted by Gasteiger charge is -2.37. The third-order valence-electron chi connectivity index (χ3n) is 6.55. The van der Waals surface area contributed by atoms with Gasteiger partial charge in [-0.25, -0.2) is 8.78 Å². The average Bonchev–Trinajstić information content (AvgIpc) is 2.70. The number of rotatable bonds is 6. The van der Waals surface area contributed by atoms with Crippen LogP contribution in [0.2, 0.25) is 0 Å². The van der Waals surface area contributed by atoms with Crippen molar-refractivity contribution in [2.24, 2.45) is 23.7 Å². The molecular formula is C23H30F2O2. The molecule has 0 saturated heterocycles. The highest BCUT2D eigenvalue weighted by Gasteiger charge is 2.33. The van der Waals surface area contributed by atoms with Crippen molar-refractivity contribution >= 4 is 5.97 Å². The molecule has 0 bridgehead atoms. The zero-order valence-electron chi connectivity index (χ0n) is 16.0. The Bertz CT molecular complexity index is 642. The highest BCUT2D eigenvalue weighted by molar-refractivity contribution is 5.75. The molecule has 2 fully saturated rings. The van der Waals surface area contributed by atoms with Gasteiger partial charge in [0.25, 0.3) is 0 Å². The minimum Gasteiger partial charge on any atom is -0.426 e. The number of ether oxygens (including phenoxy) is 1. The van der Waals surface area contributed by atoms with Crippen LogP contribution in [0.1, 0.15) is 64.2 Å². The third-order valence-corrected chi connectivity index (χ3v) is 6.55. The summed E-state index contributed by atoms with van der Waals surface area (Å²) >= 11 is 0. The zero-order valence-corrected chi connectivity index (χ0v) is 16.0. The second kappa shape index (κ2) is 9.48. The number of halogens is 2. The fourth-order valence-corrected chi connectivity index (χ4v) is 4.87. The maximum absolute atomic E-state index is 13.3. The fourth-order valence-electron chi connectivity index (χ4n) is 4.87. The molecule has 0 heterocycles. The Hall–Kier alpha value is -1.71. The Labute approximate surface area is 161 Å². The van der Waals surface area contributed by atoms with E-state index in [1.807, 2.05) is 6.08 Å². The molecule has 2 aliphatic rings. The molecule has 148 valence electrons. The molecule has 3 rings (SSSR count). The van der Waals surface area contributed by atoms with Crippen LogP contribution in [0.5, 0.6) is 5.75 Å². The number of hydrogen-bond acceptors (Lipinski definition) is 2. The molecule has 0 amide bonds. The second-order valence-corrected chi connectivity index (χ2v) is 8.26. The predicted molar refractivity (Wildman–Crippen MR) is 102 cm³/mol. The molecule has 0 atom stereocenters. The van der Waals surface area contributed by atoms with Gasteiger partial charge >= 0.3 is 5.97 Å². The van der Waals surface area contributed by atoms with Gasteiger partial charge in [-0.1, -0.05) is 18.9 Å². The molecule has 0 N–H and O–H groups in total. The van der Waals surface area contributed by atoms with E-state index in [0.29, 0.717) is 0 Å². The number of carbonyl (C=O) groups excluding carboxylic acids is 1. The van der Waals surface area contributed by atoms with Gasteiger partial charge in [-0.2, -0.15) is 0 Å². The lowest BCUT2D eigenvalue weighted by molar-refractivity contribution is -0.140. The minimum atomic E-state index is -0.993. The quantitative estimate of drug-likeness (QED) is 0.324. The van der Waals surface area contributed by atoms with E-state index in [4.69, 9.17) is 4.74 Å². The lowest BCUT2D eigenvalue weighted by atomic mass is 9.69. The maximum atomic E-state index is 13.3. The van der Waals surface area contributed by atoms with Gasteiger partial charge in [0.05, 0.1) is 5.92 Å². The third kappa shape index (κ3) is 5.40. The molecule has 0 unspecified atom stereocenters. The van der Waals surface area contributed by atoms with Gasteiger partial charge in [-0.05, 0) is 81.3 Å². The van der Waals surface area contributed by atoms with E-state index in [-0.39, 0.29) is 17.6 Å². The molecule has 0 radical (unpaired) electrons. The summed E-state index contributed by atoms with van der Waals surface area (Å²) in [5.74, 6) is 0.0967. The summed E-state index contributed by atoms with van der Waals surface area (Å²) in [7, 11) is 0. The Balaban J connectivity index is 1.42. The van der Waals surface area contributed by atoms with E-state index in [2.05, 4.69) is 6.58 Å². The summed E-state index contributed by atoms with van der Waals surface area (Å²) in [4.78, 5) is 12.3. The van der Waals surface area contributed by atoms with E-state index < -0.39 is 11.6 Å². The van der Waals surface area contributed by atoms with Crippen molar-refractivity contribution in [3.63, 3.8) is 0 Å². The van der Waals surface area contributed by atoms with Crippen LogP contribution in [-0.2, 0) is 4.79 Å². The average molecular weight is 376 g/mol. The van der Waals surface area contributed by atoms with Crippen LogP contribution < -0.4 is 4.74 Å². The first-order valence-corrected chi connectivity index (χ1v) is 10.3. The minimum absolute atomic E-state index is 0.0823. The predicted octanol–water partition coefficient (Wildman–Crippen LogP) is 6.45. The SMILES string of the molecule is C=CCC[C@H]1CC[C@H]([C@H]2CC[C@H](C(=O)Oc3ccc(F)c(F)c3)CC2)CC1. The molecule has 4 heteroatoms. The van der Waals surface area contributed by atoms with E-state index in [1.54, 1.807) is 0 Å². The smallest absolute Gasteiger partial charge is 0.314 e. The zero-order chi connectivity index (χ0) is 19.2. The van der Waals surface area contributed by atoms with Gasteiger partial charge in [0.2, 0.25) is 0 Å². The Morgan fingerprint density at radius 2 is 1.63 bits per heavy atom. The first-order chi connectivity index (χ1) is 13.1. The van der Waals surface area contributed by atoms with Crippen molar-refractivity contribution in [2.45, 2.75) is 64.2 Å². The summed E-state index contributed by atoms with van der Waals surface area (Å²) in [6.07, 6.45) is 13.5. The van der Waals surface area contributed by atoms with Crippen LogP contribution >= 0.6 is 0 Å². The van der Waals surface area contributed by atoms with Gasteiger partial charge in [0.15, 0.2) is 11.6 Å². The topological polar surface area (TPSA) is 26.3 Å². The molecule has 27 heavy (non-hydrogen) atoms. The van der Waals surface area contributed by atoms with Crippen molar-refractivity contribution in [1.82, 2.24) is 0 Å². The van der Waals surface area contributed by atoms with Gasteiger partial charge in [-0.3, -0.25) is 4.79 Å². The van der Waals surface area contributed by atoms with E-state index >= 15 is 0 Å². The normalized spacial score (nSPS) is 28.5. The number of esters is 1. The number of allylic oxidation sites excluding steroid dienone is 1. The summed E-state index contributed by atoms with van der Waals surface area (Å²) in [5, 5.41) is 0. The molecule has 2 nitrogen and oxygen atoms in total. The summed E-state index contributed by atoms with van der Waals surface area (Å²) in [6, 6.07) is 3.22. The first-order valence-electron chi connectivity index (χ1n) is 10.3. The van der Waals surface area contributed by atoms with Crippen molar-refractivity contribution < 1.29 is 18.3 Å². The highest BCUT2D eigenvalue weighted by Crippen LogP contribution is 2.42. The van der Waals surface area contributed by atoms with Crippen LogP contribution in [0.25, 0.3) is 0 Å². The molecule has 1 aromatic carbocycles. The summed E-state index contributed by atoms with van der Waals surface area (Å²) in [5.41, 5.74) is 0. The van der Waals surface area contributed by atoms with Crippen LogP contribution in [0.15, 0.2) is 30.9 Å². The Morgan fingerprint density at radius 3 is 2.22 bits per heavy atom. The fraction of sp³-hybridized carbons (Fsp3) is 0.609. The van der Waals surface area contributed by atoms with Crippen molar-refractivity contribution in [3.05, 3.63) is 42.5 Å². The molecule has 1 aromatic rings. The molecule has 0 spiro atoms. The van der Waals surface area contributed by atoms with Crippen LogP contribution in [0, 0.1) is 35.3 Å². The van der Waals surface area contributed by atoms with Crippen molar-refractivity contribution in [2.75, 3.05) is 0 Å². The maximum Gasteiger partial charge on any atom is 0.314 e. The van der Waals surface area contributed by atoms with E-state index in [0.717, 1.165) is 62.0 Å². The summed E-state index contributed by atoms with van der Waals surface area (Å²) in [6.45, 7) is 3.82. The Morgan fingerprint density at radius 1 is 1.00 bits per heavy atom. The Kier molecular flexibility index (Phi) is 7.03. The monoisotopic (exact) mass is 376 g/mol. The van der Waals surface area contributed by atoms with Gasteiger partial charge < -0.3 is 4.74 Å². The van der Waals surface area contributed by atoms with E-state index in [9.17, 15) is 13.6 Å². The molecule has 2 saturated carbocycles. The number of benzene rings is 1. The molecular weight excluding hydrogens is 346 g/mol. The van der Waals surface area contributed by atoms with Crippen LogP contribution in [0.4, 0.5) is 8.78 Å². The molecule has 2 aliphatic carbocycles. The lowest BCUT2D eigenvalue weighted by Crippen LogP contribution is -2.30. The number of carbonyl (C=O) groups is 1. The molecule has 0 aromatic heterocycles. The van der Waals surface area contributed by atoms with Crippen LogP contribution in [0.3, 0.4) is 0 Å². The standard InChI is InChI=1S/C23H30F2O2/c1-2-3-4-16-5-7-17(8-6-16)18-9-11-19(12-10-18)23(26)27-20-13-14-21(24)22(25)15-20/h2,13-19H,1,3-12H2/t16-,17-,18-,19-. The van der Waals surface area contributed by atoms with Gasteiger partial charge in [-0.15, -0.1) is 6.58 Å². The largest absolute Gasteiger partial charge is 0.426 e. The summed E-state index contributed by atoms with van der Waals surface area (Å²) < 4.78 is 31.5. The van der Waals surface area contributed by atoms with Crippen molar-refractivity contribution in [3.8, 4) is 5.75 Å². The second-order valence-electron chi connectivity index (χ2n) is 8.26. The van der Waals surface area contributed by atoms with Gasteiger partial charge in [0, 0.05) is 6.07 Å². The van der Waals surface area contributed by atoms with Crippen LogP contribution in [-0.4, -0.2) is 5.97 Å². The van der Waals surface area contributed by atoms with E-state index in [1.165, 1.54) is 38.2 Å². The highest BCUT2D eigenvalue weighted by atomic mass is 19.2. The first kappa shape index (κ1) is 20.0. The van der Waals surface area contributed by atoms with Gasteiger partial charge in [0.1, 0.15) is 5.75 Å². The van der Waals surface area contributed by atoms with Crippen molar-refractivity contribution in [1.29, 1.82) is 0 Å². The number of hydrogen-bond donors (Lipinski definition) is 0. The molecule has 0 aliphatic heterocycles.